The molecule has 0 saturated carbocycles. The number of furan rings is 1. The molecular formula is C30H23FN4O5. The number of aryl methyl sites for hydroxylation is 1. The van der Waals surface area contributed by atoms with Crippen LogP contribution in [0.4, 0.5) is 10.1 Å². The summed E-state index contributed by atoms with van der Waals surface area (Å²) >= 11 is 0. The second kappa shape index (κ2) is 9.33. The number of carbonyl (C=O) groups is 1. The molecule has 0 aliphatic carbocycles. The zero-order chi connectivity index (χ0) is 27.4. The first-order chi connectivity index (χ1) is 19.5. The van der Waals surface area contributed by atoms with Crippen molar-refractivity contribution in [2.75, 3.05) is 18.5 Å². The van der Waals surface area contributed by atoms with Gasteiger partial charge in [-0.15, -0.1) is 4.91 Å². The maximum atomic E-state index is 14.4. The molecule has 2 aliphatic heterocycles. The van der Waals surface area contributed by atoms with Gasteiger partial charge in [-0.25, -0.2) is 9.37 Å². The topological polar surface area (TPSA) is 108 Å². The van der Waals surface area contributed by atoms with Crippen molar-refractivity contribution in [2.45, 2.75) is 25.3 Å². The van der Waals surface area contributed by atoms with Crippen LogP contribution < -0.4 is 14.8 Å². The molecule has 1 N–H and O–H groups in total. The molecule has 2 aromatic heterocycles. The van der Waals surface area contributed by atoms with E-state index in [1.54, 1.807) is 6.07 Å². The molecule has 3 aromatic carbocycles. The van der Waals surface area contributed by atoms with E-state index in [4.69, 9.17) is 18.9 Å². The maximum absolute atomic E-state index is 14.4. The minimum absolute atomic E-state index is 0.0300. The van der Waals surface area contributed by atoms with Crippen molar-refractivity contribution in [2.24, 2.45) is 5.18 Å². The lowest BCUT2D eigenvalue weighted by atomic mass is 9.97. The van der Waals surface area contributed by atoms with E-state index < -0.39 is 5.91 Å². The van der Waals surface area contributed by atoms with Crippen LogP contribution in [-0.2, 0) is 4.79 Å². The van der Waals surface area contributed by atoms with E-state index in [1.165, 1.54) is 12.1 Å². The van der Waals surface area contributed by atoms with E-state index in [2.05, 4.69) is 10.5 Å². The van der Waals surface area contributed by atoms with Crippen LogP contribution in [-0.4, -0.2) is 28.7 Å². The van der Waals surface area contributed by atoms with Crippen molar-refractivity contribution in [3.05, 3.63) is 94.3 Å². The highest BCUT2D eigenvalue weighted by atomic mass is 19.1. The van der Waals surface area contributed by atoms with Crippen LogP contribution in [0.1, 0.15) is 35.3 Å². The lowest BCUT2D eigenvalue weighted by Gasteiger charge is -2.15. The fourth-order valence-electron chi connectivity index (χ4n) is 5.52. The summed E-state index contributed by atoms with van der Waals surface area (Å²) in [5, 5.41) is 6.02. The van der Waals surface area contributed by atoms with Crippen molar-refractivity contribution in [1.29, 1.82) is 0 Å². The highest BCUT2D eigenvalue weighted by molar-refractivity contribution is 5.84. The molecule has 0 fully saturated rings. The number of nitrogens with one attached hydrogen (secondary N) is 1. The first-order valence-electron chi connectivity index (χ1n) is 12.9. The zero-order valence-electron chi connectivity index (χ0n) is 21.4. The Morgan fingerprint density at radius 3 is 2.80 bits per heavy atom. The highest BCUT2D eigenvalue weighted by Gasteiger charge is 2.31. The fourth-order valence-corrected chi connectivity index (χ4v) is 5.52. The molecule has 0 saturated heterocycles. The molecule has 0 bridgehead atoms. The number of hydrogen-bond donors (Lipinski definition) is 1. The van der Waals surface area contributed by atoms with Gasteiger partial charge >= 0.3 is 0 Å². The van der Waals surface area contributed by atoms with Gasteiger partial charge in [0.05, 0.1) is 29.4 Å². The Kier molecular flexibility index (Phi) is 5.62. The molecule has 2 aliphatic rings. The number of nitrogens with zero attached hydrogens (tertiary/aromatic N) is 3. The molecule has 2 atom stereocenters. The molecule has 40 heavy (non-hydrogen) atoms. The van der Waals surface area contributed by atoms with Crippen LogP contribution in [0.15, 0.2) is 76.3 Å². The summed E-state index contributed by atoms with van der Waals surface area (Å²) in [6.07, 6.45) is 0.0300. The van der Waals surface area contributed by atoms with Gasteiger partial charge in [0, 0.05) is 46.5 Å². The predicted molar refractivity (Wildman–Crippen MR) is 145 cm³/mol. The van der Waals surface area contributed by atoms with Gasteiger partial charge in [-0.1, -0.05) is 18.2 Å². The normalized spacial score (nSPS) is 17.2. The SMILES string of the molecule is Cc1ccc(-c2nc3ccc(F)cc3n2-c2cccc3c2OCC3Nc2ccc3c(c2)OCC3CC(=O)N=O)o1. The largest absolute Gasteiger partial charge is 0.493 e. The number of ether oxygens (including phenoxy) is 2. The standard InChI is InChI=1S/C30H23FN4O5/c1-16-5-10-26(40-16)30-33-22-9-6-18(31)12-25(22)35(30)24-4-2-3-21-23(15-39-29(21)24)32-19-7-8-20-17(11-28(36)34-37)14-38-27(20)13-19/h2-10,12-13,17,23,32H,11,14-15H2,1H3. The lowest BCUT2D eigenvalue weighted by Crippen LogP contribution is -2.11. The Morgan fingerprint density at radius 1 is 1.07 bits per heavy atom. The van der Waals surface area contributed by atoms with E-state index in [9.17, 15) is 14.1 Å². The van der Waals surface area contributed by atoms with Gasteiger partial charge in [-0.2, -0.15) is 0 Å². The maximum Gasteiger partial charge on any atom is 0.287 e. The Morgan fingerprint density at radius 2 is 1.98 bits per heavy atom. The van der Waals surface area contributed by atoms with Gasteiger partial charge in [0.1, 0.15) is 29.7 Å². The van der Waals surface area contributed by atoms with Crippen LogP contribution in [0.25, 0.3) is 28.3 Å². The molecular weight excluding hydrogens is 515 g/mol. The van der Waals surface area contributed by atoms with Gasteiger partial charge in [0.25, 0.3) is 5.91 Å². The average molecular weight is 539 g/mol. The number of rotatable bonds is 6. The van der Waals surface area contributed by atoms with Crippen molar-refractivity contribution >= 4 is 22.6 Å². The number of anilines is 1. The van der Waals surface area contributed by atoms with E-state index in [0.717, 1.165) is 28.3 Å². The predicted octanol–water partition coefficient (Wildman–Crippen LogP) is 6.44. The zero-order valence-corrected chi connectivity index (χ0v) is 21.4. The monoisotopic (exact) mass is 538 g/mol. The summed E-state index contributed by atoms with van der Waals surface area (Å²) in [6, 6.07) is 19.6. The van der Waals surface area contributed by atoms with Gasteiger partial charge in [-0.05, 0) is 43.3 Å². The summed E-state index contributed by atoms with van der Waals surface area (Å²) in [7, 11) is 0. The number of hydrogen-bond acceptors (Lipinski definition) is 7. The average Bonchev–Trinajstić information content (AvgIpc) is 3.74. The first-order valence-corrected chi connectivity index (χ1v) is 12.9. The van der Waals surface area contributed by atoms with E-state index in [1.807, 2.05) is 60.0 Å². The number of nitroso groups, excluding NO2 is 1. The third-order valence-electron chi connectivity index (χ3n) is 7.37. The number of imidazole rings is 1. The molecule has 9 nitrogen and oxygen atoms in total. The second-order valence-electron chi connectivity index (χ2n) is 9.97. The number of halogens is 1. The Balaban J connectivity index is 1.24. The summed E-state index contributed by atoms with van der Waals surface area (Å²) in [4.78, 5) is 26.8. The van der Waals surface area contributed by atoms with Crippen molar-refractivity contribution < 1.29 is 23.1 Å². The summed E-state index contributed by atoms with van der Waals surface area (Å²) in [5.74, 6) is 1.98. The molecule has 2 unspecified atom stereocenters. The van der Waals surface area contributed by atoms with Crippen LogP contribution in [0.5, 0.6) is 11.5 Å². The van der Waals surface area contributed by atoms with Crippen LogP contribution in [0.2, 0.25) is 0 Å². The Bertz CT molecular complexity index is 1810. The third kappa shape index (κ3) is 4.00. The minimum Gasteiger partial charge on any atom is -0.493 e. The molecule has 200 valence electrons. The molecule has 4 heterocycles. The van der Waals surface area contributed by atoms with Crippen LogP contribution >= 0.6 is 0 Å². The second-order valence-corrected chi connectivity index (χ2v) is 9.97. The summed E-state index contributed by atoms with van der Waals surface area (Å²) in [5.41, 5.74) is 4.62. The van der Waals surface area contributed by atoms with Gasteiger partial charge in [-0.3, -0.25) is 9.36 Å². The van der Waals surface area contributed by atoms with E-state index in [-0.39, 0.29) is 24.2 Å². The van der Waals surface area contributed by atoms with E-state index >= 15 is 0 Å². The molecule has 10 heteroatoms. The molecule has 5 aromatic rings. The highest BCUT2D eigenvalue weighted by Crippen LogP contribution is 2.43. The quantitative estimate of drug-likeness (QED) is 0.248. The smallest absolute Gasteiger partial charge is 0.287 e. The van der Waals surface area contributed by atoms with Crippen LogP contribution in [0.3, 0.4) is 0 Å². The molecule has 0 spiro atoms. The fraction of sp³-hybridized carbons (Fsp3) is 0.200. The Hall–Kier alpha value is -4.99. The van der Waals surface area contributed by atoms with Crippen molar-refractivity contribution in [3.63, 3.8) is 0 Å². The van der Waals surface area contributed by atoms with E-state index in [0.29, 0.717) is 47.3 Å². The number of fused-ring (bicyclic) bond motifs is 3. The number of amides is 1. The number of carbonyl (C=O) groups excluding carboxylic acids is 1. The van der Waals surface area contributed by atoms with Gasteiger partial charge in [0.15, 0.2) is 11.6 Å². The number of benzene rings is 3. The molecule has 1 amide bonds. The number of para-hydroxylation sites is 1. The van der Waals surface area contributed by atoms with Gasteiger partial charge in [0.2, 0.25) is 0 Å². The van der Waals surface area contributed by atoms with Gasteiger partial charge < -0.3 is 19.2 Å². The third-order valence-corrected chi connectivity index (χ3v) is 7.37. The Labute approximate surface area is 227 Å². The van der Waals surface area contributed by atoms with Crippen LogP contribution in [0, 0.1) is 17.6 Å². The van der Waals surface area contributed by atoms with Crippen molar-refractivity contribution in [3.8, 4) is 28.8 Å². The first kappa shape index (κ1) is 24.1. The minimum atomic E-state index is -0.682. The summed E-state index contributed by atoms with van der Waals surface area (Å²) in [6.45, 7) is 2.57. The molecule has 7 rings (SSSR count). The lowest BCUT2D eigenvalue weighted by molar-refractivity contribution is -0.118. The number of aromatic nitrogens is 2. The summed E-state index contributed by atoms with van der Waals surface area (Å²) < 4.78 is 34.2. The molecule has 0 radical (unpaired) electrons. The van der Waals surface area contributed by atoms with Crippen molar-refractivity contribution in [1.82, 2.24) is 9.55 Å².